The van der Waals surface area contributed by atoms with Gasteiger partial charge in [0.15, 0.2) is 0 Å². The quantitative estimate of drug-likeness (QED) is 0.652. The molecule has 0 amide bonds. The molecular weight excluding hydrogens is 288 g/mol. The van der Waals surface area contributed by atoms with Gasteiger partial charge in [-0.3, -0.25) is 11.3 Å². The number of nitrogens with one attached hydrogen (secondary N) is 1. The van der Waals surface area contributed by atoms with Gasteiger partial charge in [-0.15, -0.1) is 0 Å². The van der Waals surface area contributed by atoms with Crippen molar-refractivity contribution >= 4 is 15.9 Å². The van der Waals surface area contributed by atoms with Crippen molar-refractivity contribution in [3.63, 3.8) is 0 Å². The van der Waals surface area contributed by atoms with Crippen LogP contribution in [0.2, 0.25) is 0 Å². The fourth-order valence-electron chi connectivity index (χ4n) is 3.05. The second-order valence-corrected chi connectivity index (χ2v) is 6.58. The molecular formula is C15H23BrN2. The number of hydrazine groups is 1. The predicted octanol–water partition coefficient (Wildman–Crippen LogP) is 4.09. The molecule has 1 saturated carbocycles. The van der Waals surface area contributed by atoms with E-state index in [-0.39, 0.29) is 6.04 Å². The first-order valence-electron chi connectivity index (χ1n) is 6.84. The Kier molecular flexibility index (Phi) is 4.82. The maximum atomic E-state index is 5.82. The van der Waals surface area contributed by atoms with E-state index in [1.165, 1.54) is 36.8 Å². The summed E-state index contributed by atoms with van der Waals surface area (Å²) in [5.41, 5.74) is 5.71. The summed E-state index contributed by atoms with van der Waals surface area (Å²) in [6, 6.07) is 6.75. The first-order valence-corrected chi connectivity index (χ1v) is 7.63. The number of aryl methyl sites for hydroxylation is 1. The molecule has 1 aliphatic carbocycles. The van der Waals surface area contributed by atoms with Crippen LogP contribution in [0.5, 0.6) is 0 Å². The molecule has 1 unspecified atom stereocenters. The lowest BCUT2D eigenvalue weighted by atomic mass is 9.77. The van der Waals surface area contributed by atoms with E-state index in [0.29, 0.717) is 5.92 Å². The van der Waals surface area contributed by atoms with E-state index in [2.05, 4.69) is 53.4 Å². The van der Waals surface area contributed by atoms with Crippen LogP contribution in [-0.2, 0) is 0 Å². The van der Waals surface area contributed by atoms with E-state index in [9.17, 15) is 0 Å². The Morgan fingerprint density at radius 2 is 1.94 bits per heavy atom. The Labute approximate surface area is 118 Å². The van der Waals surface area contributed by atoms with E-state index in [0.717, 1.165) is 10.4 Å². The van der Waals surface area contributed by atoms with Crippen LogP contribution in [0.25, 0.3) is 0 Å². The van der Waals surface area contributed by atoms with Gasteiger partial charge in [-0.1, -0.05) is 41.8 Å². The lowest BCUT2D eigenvalue weighted by molar-refractivity contribution is 0.232. The summed E-state index contributed by atoms with van der Waals surface area (Å²) in [6.45, 7) is 4.52. The fourth-order valence-corrected chi connectivity index (χ4v) is 3.42. The first kappa shape index (κ1) is 14.0. The Balaban J connectivity index is 2.19. The maximum absolute atomic E-state index is 5.82. The standard InChI is InChI=1S/C15H23BrN2/c1-10-3-6-12(7-4-10)15(18-17)14-9-13(16)8-5-11(14)2/h5,8-10,12,15,18H,3-4,6-7,17H2,1-2H3. The van der Waals surface area contributed by atoms with Gasteiger partial charge in [0.1, 0.15) is 0 Å². The lowest BCUT2D eigenvalue weighted by Gasteiger charge is -2.33. The van der Waals surface area contributed by atoms with Crippen molar-refractivity contribution in [2.24, 2.45) is 17.7 Å². The monoisotopic (exact) mass is 310 g/mol. The van der Waals surface area contributed by atoms with Crippen LogP contribution < -0.4 is 11.3 Å². The molecule has 0 aliphatic heterocycles. The minimum atomic E-state index is 0.287. The number of halogens is 1. The smallest absolute Gasteiger partial charge is 0.0491 e. The van der Waals surface area contributed by atoms with Crippen molar-refractivity contribution < 1.29 is 0 Å². The van der Waals surface area contributed by atoms with Crippen LogP contribution in [0.4, 0.5) is 0 Å². The highest BCUT2D eigenvalue weighted by atomic mass is 79.9. The highest BCUT2D eigenvalue weighted by Gasteiger charge is 2.27. The van der Waals surface area contributed by atoms with Crippen molar-refractivity contribution in [2.75, 3.05) is 0 Å². The number of rotatable bonds is 3. The average Bonchev–Trinajstić information content (AvgIpc) is 2.37. The highest BCUT2D eigenvalue weighted by molar-refractivity contribution is 9.10. The normalized spacial score (nSPS) is 26.0. The van der Waals surface area contributed by atoms with Crippen LogP contribution in [0, 0.1) is 18.8 Å². The topological polar surface area (TPSA) is 38.0 Å². The van der Waals surface area contributed by atoms with Crippen LogP contribution in [0.1, 0.15) is 49.8 Å². The van der Waals surface area contributed by atoms with Gasteiger partial charge in [0.25, 0.3) is 0 Å². The van der Waals surface area contributed by atoms with E-state index in [4.69, 9.17) is 5.84 Å². The summed E-state index contributed by atoms with van der Waals surface area (Å²) in [5.74, 6) is 7.37. The number of hydrogen-bond donors (Lipinski definition) is 2. The van der Waals surface area contributed by atoms with Crippen LogP contribution in [0.3, 0.4) is 0 Å². The molecule has 0 aromatic heterocycles. The van der Waals surface area contributed by atoms with Crippen molar-refractivity contribution in [3.8, 4) is 0 Å². The van der Waals surface area contributed by atoms with Gasteiger partial charge in [0.2, 0.25) is 0 Å². The summed E-state index contributed by atoms with van der Waals surface area (Å²) in [7, 11) is 0. The summed E-state index contributed by atoms with van der Waals surface area (Å²) in [6.07, 6.45) is 5.22. The average molecular weight is 311 g/mol. The first-order chi connectivity index (χ1) is 8.61. The third-order valence-electron chi connectivity index (χ3n) is 4.29. The van der Waals surface area contributed by atoms with Crippen molar-refractivity contribution in [2.45, 2.75) is 45.6 Å². The fraction of sp³-hybridized carbons (Fsp3) is 0.600. The SMILES string of the molecule is Cc1ccc(Br)cc1C(NN)C1CCC(C)CC1. The zero-order chi connectivity index (χ0) is 13.1. The summed E-state index contributed by atoms with van der Waals surface area (Å²) in [5, 5.41) is 0. The van der Waals surface area contributed by atoms with Crippen molar-refractivity contribution in [1.82, 2.24) is 5.43 Å². The molecule has 1 aliphatic rings. The molecule has 1 aromatic carbocycles. The molecule has 0 radical (unpaired) electrons. The molecule has 1 atom stereocenters. The third kappa shape index (κ3) is 3.14. The molecule has 0 heterocycles. The highest BCUT2D eigenvalue weighted by Crippen LogP contribution is 2.37. The molecule has 18 heavy (non-hydrogen) atoms. The Bertz CT molecular complexity index is 397. The van der Waals surface area contributed by atoms with Crippen LogP contribution in [0.15, 0.2) is 22.7 Å². The van der Waals surface area contributed by atoms with Gasteiger partial charge in [-0.05, 0) is 54.9 Å². The minimum absolute atomic E-state index is 0.287. The van der Waals surface area contributed by atoms with Crippen LogP contribution in [-0.4, -0.2) is 0 Å². The van der Waals surface area contributed by atoms with E-state index in [1.807, 2.05) is 0 Å². The molecule has 1 fully saturated rings. The van der Waals surface area contributed by atoms with Gasteiger partial charge in [-0.2, -0.15) is 0 Å². The summed E-state index contributed by atoms with van der Waals surface area (Å²) < 4.78 is 1.13. The largest absolute Gasteiger partial charge is 0.271 e. The molecule has 3 heteroatoms. The summed E-state index contributed by atoms with van der Waals surface area (Å²) >= 11 is 3.56. The summed E-state index contributed by atoms with van der Waals surface area (Å²) in [4.78, 5) is 0. The zero-order valence-electron chi connectivity index (χ0n) is 11.2. The molecule has 3 N–H and O–H groups in total. The van der Waals surface area contributed by atoms with E-state index < -0.39 is 0 Å². The lowest BCUT2D eigenvalue weighted by Crippen LogP contribution is -2.35. The van der Waals surface area contributed by atoms with Gasteiger partial charge < -0.3 is 0 Å². The predicted molar refractivity (Wildman–Crippen MR) is 80.1 cm³/mol. The van der Waals surface area contributed by atoms with Crippen molar-refractivity contribution in [3.05, 3.63) is 33.8 Å². The van der Waals surface area contributed by atoms with Gasteiger partial charge in [0.05, 0.1) is 0 Å². The second-order valence-electron chi connectivity index (χ2n) is 5.67. The van der Waals surface area contributed by atoms with Gasteiger partial charge >= 0.3 is 0 Å². The second kappa shape index (κ2) is 6.18. The van der Waals surface area contributed by atoms with Gasteiger partial charge in [0, 0.05) is 10.5 Å². The molecule has 0 saturated heterocycles. The number of hydrogen-bond acceptors (Lipinski definition) is 2. The van der Waals surface area contributed by atoms with E-state index >= 15 is 0 Å². The molecule has 100 valence electrons. The molecule has 0 spiro atoms. The molecule has 2 rings (SSSR count). The van der Waals surface area contributed by atoms with Crippen LogP contribution >= 0.6 is 15.9 Å². The maximum Gasteiger partial charge on any atom is 0.0491 e. The Morgan fingerprint density at radius 1 is 1.28 bits per heavy atom. The molecule has 2 nitrogen and oxygen atoms in total. The number of benzene rings is 1. The Hall–Kier alpha value is -0.380. The molecule has 1 aromatic rings. The third-order valence-corrected chi connectivity index (χ3v) is 4.78. The van der Waals surface area contributed by atoms with Crippen molar-refractivity contribution in [1.29, 1.82) is 0 Å². The minimum Gasteiger partial charge on any atom is -0.271 e. The van der Waals surface area contributed by atoms with Gasteiger partial charge in [-0.25, -0.2) is 0 Å². The molecule has 0 bridgehead atoms. The zero-order valence-corrected chi connectivity index (χ0v) is 12.8. The Morgan fingerprint density at radius 3 is 2.56 bits per heavy atom. The van der Waals surface area contributed by atoms with E-state index in [1.54, 1.807) is 0 Å². The number of nitrogens with two attached hydrogens (primary N) is 1.